The number of rotatable bonds is 6. The monoisotopic (exact) mass is 240 g/mol. The molecule has 0 radical (unpaired) electrons. The van der Waals surface area contributed by atoms with Crippen molar-refractivity contribution in [1.29, 1.82) is 5.26 Å². The zero-order chi connectivity index (χ0) is 12.8. The average molecular weight is 240 g/mol. The van der Waals surface area contributed by atoms with E-state index in [2.05, 4.69) is 27.2 Å². The second-order valence-corrected chi connectivity index (χ2v) is 3.97. The molecule has 5 nitrogen and oxygen atoms in total. The van der Waals surface area contributed by atoms with Crippen LogP contribution in [0.1, 0.15) is 24.8 Å². The van der Waals surface area contributed by atoms with E-state index in [1.54, 1.807) is 12.3 Å². The lowest BCUT2D eigenvalue weighted by Crippen LogP contribution is -2.15. The number of aromatic nitrogens is 1. The van der Waals surface area contributed by atoms with Gasteiger partial charge in [0, 0.05) is 25.5 Å². The first-order valence-electron chi connectivity index (χ1n) is 5.64. The summed E-state index contributed by atoms with van der Waals surface area (Å²) in [4.78, 5) is 3.92. The van der Waals surface area contributed by atoms with Crippen molar-refractivity contribution < 1.29 is 4.74 Å². The van der Waals surface area contributed by atoms with Crippen LogP contribution in [0.3, 0.4) is 0 Å². The Hall–Kier alpha value is -2.40. The van der Waals surface area contributed by atoms with Crippen LogP contribution in [0.2, 0.25) is 0 Å². The first-order chi connectivity index (χ1) is 8.79. The Balaban J connectivity index is 1.83. The highest BCUT2D eigenvalue weighted by atomic mass is 16.5. The van der Waals surface area contributed by atoms with Crippen LogP contribution in [-0.4, -0.2) is 17.3 Å². The number of hydrogen-bond donors (Lipinski definition) is 0. The molecule has 0 unspecified atom stereocenters. The predicted molar refractivity (Wildman–Crippen MR) is 64.7 cm³/mol. The van der Waals surface area contributed by atoms with Gasteiger partial charge in [0.15, 0.2) is 11.4 Å². The molecule has 1 aliphatic heterocycles. The molecule has 0 spiro atoms. The minimum atomic E-state index is -0.346. The van der Waals surface area contributed by atoms with Crippen molar-refractivity contribution in [3.8, 4) is 24.2 Å². The summed E-state index contributed by atoms with van der Waals surface area (Å²) in [6.45, 7) is 0.442. The van der Waals surface area contributed by atoms with Gasteiger partial charge in [0.1, 0.15) is 6.07 Å². The minimum Gasteiger partial charge on any atom is -0.490 e. The number of nitriles is 1. The Bertz CT molecular complexity index is 533. The third-order valence-electron chi connectivity index (χ3n) is 2.72. The number of hydrogen-bond acceptors (Lipinski definition) is 5. The molecule has 90 valence electrons. The summed E-state index contributed by atoms with van der Waals surface area (Å²) in [7, 11) is 0. The van der Waals surface area contributed by atoms with Crippen LogP contribution in [0.15, 0.2) is 28.7 Å². The molecule has 1 aromatic rings. The van der Waals surface area contributed by atoms with Crippen LogP contribution < -0.4 is 4.74 Å². The molecule has 2 heterocycles. The van der Waals surface area contributed by atoms with E-state index in [4.69, 9.17) is 16.4 Å². The molecule has 1 aliphatic rings. The van der Waals surface area contributed by atoms with E-state index in [-0.39, 0.29) is 5.66 Å². The highest BCUT2D eigenvalue weighted by molar-refractivity contribution is 5.40. The third-order valence-corrected chi connectivity index (χ3v) is 2.72. The molecule has 0 aliphatic carbocycles. The minimum absolute atomic E-state index is 0.346. The van der Waals surface area contributed by atoms with Gasteiger partial charge in [-0.05, 0) is 6.07 Å². The maximum absolute atomic E-state index is 8.89. The van der Waals surface area contributed by atoms with Gasteiger partial charge in [0.25, 0.3) is 0 Å². The summed E-state index contributed by atoms with van der Waals surface area (Å²) >= 11 is 0. The maximum Gasteiger partial charge on any atom is 0.195 e. The number of terminal acetylenes is 1. The standard InChI is InChI=1S/C13H12N4O/c1-2-3-5-13(16-17-13)6-8-18-12-10-15-7-4-11(12)9-14/h1,4,7,10H,3,5-6,8H2. The summed E-state index contributed by atoms with van der Waals surface area (Å²) in [6.07, 6.45) is 10.4. The summed E-state index contributed by atoms with van der Waals surface area (Å²) in [6, 6.07) is 3.68. The van der Waals surface area contributed by atoms with Crippen LogP contribution in [0, 0.1) is 23.7 Å². The van der Waals surface area contributed by atoms with Crippen molar-refractivity contribution in [1.82, 2.24) is 4.98 Å². The number of nitrogens with zero attached hydrogens (tertiary/aromatic N) is 4. The Morgan fingerprint density at radius 3 is 2.89 bits per heavy atom. The lowest BCUT2D eigenvalue weighted by Gasteiger charge is -2.10. The molecule has 0 bridgehead atoms. The van der Waals surface area contributed by atoms with Gasteiger partial charge >= 0.3 is 0 Å². The summed E-state index contributed by atoms with van der Waals surface area (Å²) in [5.41, 5.74) is 0.133. The van der Waals surface area contributed by atoms with Crippen molar-refractivity contribution in [2.45, 2.75) is 24.9 Å². The first kappa shape index (κ1) is 12.1. The summed E-state index contributed by atoms with van der Waals surface area (Å²) in [5.74, 6) is 3.07. The van der Waals surface area contributed by atoms with Crippen LogP contribution in [0.4, 0.5) is 0 Å². The highest BCUT2D eigenvalue weighted by Crippen LogP contribution is 2.36. The molecular weight excluding hydrogens is 228 g/mol. The molecule has 0 saturated carbocycles. The highest BCUT2D eigenvalue weighted by Gasteiger charge is 2.38. The Morgan fingerprint density at radius 2 is 2.22 bits per heavy atom. The van der Waals surface area contributed by atoms with E-state index < -0.39 is 0 Å². The number of pyridine rings is 1. The second kappa shape index (κ2) is 5.29. The fourth-order valence-corrected chi connectivity index (χ4v) is 1.58. The molecule has 0 aromatic carbocycles. The van der Waals surface area contributed by atoms with Crippen molar-refractivity contribution in [3.63, 3.8) is 0 Å². The van der Waals surface area contributed by atoms with Crippen molar-refractivity contribution in [2.24, 2.45) is 10.2 Å². The molecule has 0 amide bonds. The van der Waals surface area contributed by atoms with E-state index in [1.807, 2.05) is 0 Å². The topological polar surface area (TPSA) is 70.6 Å². The maximum atomic E-state index is 8.89. The second-order valence-electron chi connectivity index (χ2n) is 3.97. The predicted octanol–water partition coefficient (Wildman–Crippen LogP) is 2.30. The van der Waals surface area contributed by atoms with Gasteiger partial charge in [-0.1, -0.05) is 0 Å². The van der Waals surface area contributed by atoms with Crippen molar-refractivity contribution >= 4 is 0 Å². The SMILES string of the molecule is C#CCCC1(CCOc2cnccc2C#N)N=N1. The van der Waals surface area contributed by atoms with E-state index in [1.165, 1.54) is 6.20 Å². The van der Waals surface area contributed by atoms with Gasteiger partial charge in [-0.15, -0.1) is 12.3 Å². The van der Waals surface area contributed by atoms with Gasteiger partial charge in [-0.2, -0.15) is 15.5 Å². The lowest BCUT2D eigenvalue weighted by atomic mass is 10.1. The Labute approximate surface area is 106 Å². The number of ether oxygens (including phenoxy) is 1. The molecule has 0 fully saturated rings. The van der Waals surface area contributed by atoms with E-state index in [0.717, 1.165) is 6.42 Å². The summed E-state index contributed by atoms with van der Waals surface area (Å²) in [5, 5.41) is 16.9. The van der Waals surface area contributed by atoms with Crippen LogP contribution >= 0.6 is 0 Å². The Morgan fingerprint density at radius 1 is 1.39 bits per heavy atom. The third kappa shape index (κ3) is 2.83. The molecular formula is C13H12N4O. The largest absolute Gasteiger partial charge is 0.490 e. The van der Waals surface area contributed by atoms with Crippen LogP contribution in [-0.2, 0) is 0 Å². The molecule has 1 aromatic heterocycles. The summed E-state index contributed by atoms with van der Waals surface area (Å²) < 4.78 is 5.53. The van der Waals surface area contributed by atoms with Gasteiger partial charge in [0.05, 0.1) is 18.4 Å². The molecule has 5 heteroatoms. The van der Waals surface area contributed by atoms with Crippen molar-refractivity contribution in [3.05, 3.63) is 24.0 Å². The van der Waals surface area contributed by atoms with Gasteiger partial charge in [-0.3, -0.25) is 4.98 Å². The molecule has 18 heavy (non-hydrogen) atoms. The van der Waals surface area contributed by atoms with Crippen LogP contribution in [0.25, 0.3) is 0 Å². The van der Waals surface area contributed by atoms with Gasteiger partial charge < -0.3 is 4.74 Å². The Kier molecular flexibility index (Phi) is 3.54. The zero-order valence-corrected chi connectivity index (χ0v) is 9.83. The van der Waals surface area contributed by atoms with E-state index in [9.17, 15) is 0 Å². The van der Waals surface area contributed by atoms with E-state index >= 15 is 0 Å². The zero-order valence-electron chi connectivity index (χ0n) is 9.83. The molecule has 0 saturated heterocycles. The van der Waals surface area contributed by atoms with Gasteiger partial charge in [-0.25, -0.2) is 0 Å². The van der Waals surface area contributed by atoms with E-state index in [0.29, 0.717) is 30.8 Å². The van der Waals surface area contributed by atoms with Gasteiger partial charge in [0.2, 0.25) is 0 Å². The molecule has 2 rings (SSSR count). The first-order valence-corrected chi connectivity index (χ1v) is 5.64. The molecule has 0 N–H and O–H groups in total. The molecule has 0 atom stereocenters. The fourth-order valence-electron chi connectivity index (χ4n) is 1.58. The smallest absolute Gasteiger partial charge is 0.195 e. The van der Waals surface area contributed by atoms with Crippen LogP contribution in [0.5, 0.6) is 5.75 Å². The normalized spacial score (nSPS) is 14.6. The lowest BCUT2D eigenvalue weighted by molar-refractivity contribution is 0.282. The van der Waals surface area contributed by atoms with Crippen molar-refractivity contribution in [2.75, 3.05) is 6.61 Å². The quantitative estimate of drug-likeness (QED) is 0.716. The fraction of sp³-hybridized carbons (Fsp3) is 0.385. The average Bonchev–Trinajstić information content (AvgIpc) is 3.17.